The largest absolute Gasteiger partial charge is 0.364 e. The van der Waals surface area contributed by atoms with Crippen LogP contribution >= 0.6 is 11.6 Å². The van der Waals surface area contributed by atoms with Gasteiger partial charge in [-0.1, -0.05) is 29.8 Å². The van der Waals surface area contributed by atoms with Crippen LogP contribution < -0.4 is 10.2 Å². The molecule has 9 nitrogen and oxygen atoms in total. The second-order valence-corrected chi connectivity index (χ2v) is 9.86. The van der Waals surface area contributed by atoms with Crippen LogP contribution in [0.25, 0.3) is 22.2 Å². The average Bonchev–Trinajstić information content (AvgIpc) is 3.46. The van der Waals surface area contributed by atoms with Crippen LogP contribution in [0.4, 0.5) is 23.0 Å². The van der Waals surface area contributed by atoms with Gasteiger partial charge in [0, 0.05) is 55.1 Å². The lowest BCUT2D eigenvalue weighted by atomic mass is 10.1. The van der Waals surface area contributed by atoms with E-state index in [9.17, 15) is 10.1 Å². The van der Waals surface area contributed by atoms with E-state index in [2.05, 4.69) is 42.6 Å². The maximum Gasteiger partial charge on any atom is 0.294 e. The molecule has 2 aromatic heterocycles. The van der Waals surface area contributed by atoms with Crippen molar-refractivity contribution in [1.29, 1.82) is 0 Å². The predicted molar refractivity (Wildman–Crippen MR) is 144 cm³/mol. The highest BCUT2D eigenvalue weighted by atomic mass is 35.5. The molecule has 0 saturated carbocycles. The number of hydrogen-bond donors (Lipinski definition) is 1. The highest BCUT2D eigenvalue weighted by molar-refractivity contribution is 6.33. The number of nitrogens with one attached hydrogen (secondary N) is 1. The fourth-order valence-corrected chi connectivity index (χ4v) is 5.20. The van der Waals surface area contributed by atoms with E-state index in [4.69, 9.17) is 11.6 Å². The molecular weight excluding hydrogens is 478 g/mol. The molecule has 4 aromatic rings. The molecule has 36 heavy (non-hydrogen) atoms. The van der Waals surface area contributed by atoms with Gasteiger partial charge in [-0.3, -0.25) is 10.1 Å². The highest BCUT2D eigenvalue weighted by Gasteiger charge is 2.29. The smallest absolute Gasteiger partial charge is 0.294 e. The number of anilines is 3. The van der Waals surface area contributed by atoms with Gasteiger partial charge < -0.3 is 19.7 Å². The molecule has 186 valence electrons. The third-order valence-electron chi connectivity index (χ3n) is 6.87. The molecule has 1 aliphatic heterocycles. The number of rotatable bonds is 6. The SMILES string of the molecule is Cc1cccc2c(-c3nc(Nc4ccc(N5CC[C@@H](N(C)C)C5)c([N+](=O)[O-])c4)ncc3Cl)cn(C)c12. The van der Waals surface area contributed by atoms with Gasteiger partial charge in [0.25, 0.3) is 5.69 Å². The molecule has 1 fully saturated rings. The highest BCUT2D eigenvalue weighted by Crippen LogP contribution is 2.37. The van der Waals surface area contributed by atoms with Gasteiger partial charge in [0.1, 0.15) is 5.69 Å². The Bertz CT molecular complexity index is 1470. The molecule has 0 bridgehead atoms. The van der Waals surface area contributed by atoms with Gasteiger partial charge in [-0.25, -0.2) is 9.97 Å². The third kappa shape index (κ3) is 4.36. The summed E-state index contributed by atoms with van der Waals surface area (Å²) in [6.07, 6.45) is 4.53. The normalized spacial score (nSPS) is 15.7. The monoisotopic (exact) mass is 505 g/mol. The van der Waals surface area contributed by atoms with Crippen molar-refractivity contribution in [2.24, 2.45) is 7.05 Å². The van der Waals surface area contributed by atoms with E-state index >= 15 is 0 Å². The molecule has 1 aliphatic rings. The minimum Gasteiger partial charge on any atom is -0.364 e. The van der Waals surface area contributed by atoms with E-state index in [0.29, 0.717) is 34.1 Å². The number of halogens is 1. The summed E-state index contributed by atoms with van der Waals surface area (Å²) < 4.78 is 2.06. The Morgan fingerprint density at radius 2 is 2.06 bits per heavy atom. The molecule has 3 heterocycles. The lowest BCUT2D eigenvalue weighted by molar-refractivity contribution is -0.384. The summed E-state index contributed by atoms with van der Waals surface area (Å²) in [5.41, 5.74) is 4.99. The van der Waals surface area contributed by atoms with Crippen molar-refractivity contribution in [3.8, 4) is 11.3 Å². The minimum absolute atomic E-state index is 0.0538. The first-order valence-electron chi connectivity index (χ1n) is 11.8. The molecule has 1 saturated heterocycles. The van der Waals surface area contributed by atoms with Crippen LogP contribution in [0.2, 0.25) is 5.02 Å². The van der Waals surface area contributed by atoms with Crippen molar-refractivity contribution in [3.63, 3.8) is 0 Å². The van der Waals surface area contributed by atoms with Crippen molar-refractivity contribution >= 4 is 45.5 Å². The Balaban J connectivity index is 1.47. The van der Waals surface area contributed by atoms with Crippen LogP contribution in [0.3, 0.4) is 0 Å². The van der Waals surface area contributed by atoms with Crippen molar-refractivity contribution in [2.75, 3.05) is 37.4 Å². The quantitative estimate of drug-likeness (QED) is 0.277. The Kier molecular flexibility index (Phi) is 6.27. The fraction of sp³-hybridized carbons (Fsp3) is 0.308. The Morgan fingerprint density at radius 3 is 2.78 bits per heavy atom. The van der Waals surface area contributed by atoms with Gasteiger partial charge in [0.15, 0.2) is 0 Å². The van der Waals surface area contributed by atoms with Crippen LogP contribution in [0.1, 0.15) is 12.0 Å². The predicted octanol–water partition coefficient (Wildman–Crippen LogP) is 5.39. The summed E-state index contributed by atoms with van der Waals surface area (Å²) in [6, 6.07) is 11.7. The van der Waals surface area contributed by atoms with E-state index in [1.165, 1.54) is 6.07 Å². The molecule has 1 atom stereocenters. The maximum atomic E-state index is 11.9. The topological polar surface area (TPSA) is 92.4 Å². The summed E-state index contributed by atoms with van der Waals surface area (Å²) >= 11 is 6.52. The van der Waals surface area contributed by atoms with Crippen LogP contribution in [0.15, 0.2) is 48.8 Å². The molecule has 5 rings (SSSR count). The van der Waals surface area contributed by atoms with E-state index in [0.717, 1.165) is 41.5 Å². The molecule has 2 aromatic carbocycles. The van der Waals surface area contributed by atoms with Gasteiger partial charge in [0.05, 0.1) is 27.4 Å². The Labute approximate surface area is 214 Å². The maximum absolute atomic E-state index is 11.9. The lowest BCUT2D eigenvalue weighted by Gasteiger charge is -2.22. The number of aromatic nitrogens is 3. The second kappa shape index (κ2) is 9.40. The van der Waals surface area contributed by atoms with Crippen LogP contribution in [0.5, 0.6) is 0 Å². The Hall–Kier alpha value is -3.69. The average molecular weight is 506 g/mol. The van der Waals surface area contributed by atoms with Crippen molar-refractivity contribution < 1.29 is 4.92 Å². The number of likely N-dealkylation sites (N-methyl/N-ethyl adjacent to an activating group) is 1. The number of fused-ring (bicyclic) bond motifs is 1. The zero-order chi connectivity index (χ0) is 25.6. The number of nitro benzene ring substituents is 1. The first kappa shape index (κ1) is 24.0. The molecule has 0 unspecified atom stereocenters. The summed E-state index contributed by atoms with van der Waals surface area (Å²) in [6.45, 7) is 3.61. The van der Waals surface area contributed by atoms with E-state index in [-0.39, 0.29) is 10.6 Å². The van der Waals surface area contributed by atoms with Gasteiger partial charge in [-0.15, -0.1) is 0 Å². The number of benzene rings is 2. The van der Waals surface area contributed by atoms with Crippen LogP contribution in [-0.2, 0) is 7.05 Å². The Morgan fingerprint density at radius 1 is 1.25 bits per heavy atom. The fourth-order valence-electron chi connectivity index (χ4n) is 5.00. The van der Waals surface area contributed by atoms with Crippen LogP contribution in [-0.4, -0.2) is 57.6 Å². The molecule has 0 aliphatic carbocycles. The van der Waals surface area contributed by atoms with E-state index in [1.807, 2.05) is 45.5 Å². The first-order valence-corrected chi connectivity index (χ1v) is 12.1. The second-order valence-electron chi connectivity index (χ2n) is 9.45. The number of hydrogen-bond acceptors (Lipinski definition) is 7. The van der Waals surface area contributed by atoms with Gasteiger partial charge >= 0.3 is 0 Å². The minimum atomic E-state index is -0.337. The van der Waals surface area contributed by atoms with Gasteiger partial charge in [-0.2, -0.15) is 0 Å². The summed E-state index contributed by atoms with van der Waals surface area (Å²) in [5, 5.41) is 16.5. The van der Waals surface area contributed by atoms with E-state index in [1.54, 1.807) is 12.3 Å². The molecule has 10 heteroatoms. The zero-order valence-corrected chi connectivity index (χ0v) is 21.5. The van der Waals surface area contributed by atoms with Crippen molar-refractivity contribution in [2.45, 2.75) is 19.4 Å². The first-order chi connectivity index (χ1) is 17.2. The molecule has 0 spiro atoms. The number of aryl methyl sites for hydroxylation is 2. The molecule has 0 amide bonds. The molecule has 1 N–H and O–H groups in total. The third-order valence-corrected chi connectivity index (χ3v) is 7.14. The van der Waals surface area contributed by atoms with E-state index < -0.39 is 0 Å². The molecule has 0 radical (unpaired) electrons. The standard InChI is InChI=1S/C26H28ClN7O2/c1-16-6-5-7-19-20(15-32(4)25(16)19)24-21(27)13-28-26(30-24)29-17-8-9-22(23(12-17)34(35)36)33-11-10-18(14-33)31(2)3/h5-9,12-13,15,18H,10-11,14H2,1-4H3,(H,28,29,30)/t18-/m1/s1. The summed E-state index contributed by atoms with van der Waals surface area (Å²) in [5.74, 6) is 0.315. The summed E-state index contributed by atoms with van der Waals surface area (Å²) in [4.78, 5) is 24.8. The number of para-hydroxylation sites is 1. The molecular formula is C26H28ClN7O2. The van der Waals surface area contributed by atoms with Gasteiger partial charge in [0.2, 0.25) is 5.95 Å². The van der Waals surface area contributed by atoms with Crippen molar-refractivity contribution in [3.05, 3.63) is 69.5 Å². The zero-order valence-electron chi connectivity index (χ0n) is 20.7. The number of nitrogens with zero attached hydrogens (tertiary/aromatic N) is 6. The van der Waals surface area contributed by atoms with Crippen LogP contribution in [0, 0.1) is 17.0 Å². The lowest BCUT2D eigenvalue weighted by Crippen LogP contribution is -2.31. The summed E-state index contributed by atoms with van der Waals surface area (Å²) in [7, 11) is 6.07. The van der Waals surface area contributed by atoms with Crippen molar-refractivity contribution in [1.82, 2.24) is 19.4 Å². The number of nitro groups is 1. The van der Waals surface area contributed by atoms with Gasteiger partial charge in [-0.05, 0) is 45.1 Å².